The zero-order valence-electron chi connectivity index (χ0n) is 22.1. The molecular weight excluding hydrogens is 540 g/mol. The Hall–Kier alpha value is -4.60. The Morgan fingerprint density at radius 2 is 1.59 bits per heavy atom. The number of sulfonamides is 1. The average Bonchev–Trinajstić information content (AvgIpc) is 3.27. The van der Waals surface area contributed by atoms with E-state index in [4.69, 9.17) is 0 Å². The van der Waals surface area contributed by atoms with E-state index in [1.807, 2.05) is 0 Å². The summed E-state index contributed by atoms with van der Waals surface area (Å²) in [5.74, 6) is -2.07. The molecule has 0 radical (unpaired) electrons. The molecule has 206 valence electrons. The fraction of sp³-hybridized carbons (Fsp3) is 0.156. The molecule has 0 aromatic heterocycles. The molecule has 0 bridgehead atoms. The van der Waals surface area contributed by atoms with Gasteiger partial charge in [-0.1, -0.05) is 72.8 Å². The van der Waals surface area contributed by atoms with Crippen LogP contribution in [0.5, 0.6) is 0 Å². The molecule has 8 nitrogen and oxygen atoms in total. The zero-order valence-corrected chi connectivity index (χ0v) is 22.9. The summed E-state index contributed by atoms with van der Waals surface area (Å²) in [5, 5.41) is 12.7. The Morgan fingerprint density at radius 3 is 2.34 bits per heavy atom. The van der Waals surface area contributed by atoms with Gasteiger partial charge in [-0.25, -0.2) is 13.2 Å². The molecule has 0 saturated carbocycles. The van der Waals surface area contributed by atoms with Crippen LogP contribution in [0.1, 0.15) is 54.6 Å². The zero-order chi connectivity index (χ0) is 28.9. The normalized spacial score (nSPS) is 15.0. The fourth-order valence-electron chi connectivity index (χ4n) is 5.68. The van der Waals surface area contributed by atoms with E-state index in [9.17, 15) is 27.9 Å². The Kier molecular flexibility index (Phi) is 6.56. The smallest absolute Gasteiger partial charge is 0.330 e. The van der Waals surface area contributed by atoms with Crippen LogP contribution < -0.4 is 5.32 Å². The second kappa shape index (κ2) is 10.1. The van der Waals surface area contributed by atoms with Crippen LogP contribution >= 0.6 is 0 Å². The number of nitrogens with one attached hydrogen (secondary N) is 1. The largest absolute Gasteiger partial charge is 0.479 e. The van der Waals surface area contributed by atoms with Gasteiger partial charge in [0.05, 0.1) is 4.90 Å². The fourth-order valence-corrected chi connectivity index (χ4v) is 7.33. The monoisotopic (exact) mass is 566 g/mol. The number of aryl methyl sites for hydroxylation is 1. The topological polar surface area (TPSA) is 121 Å². The minimum Gasteiger partial charge on any atom is -0.479 e. The first kappa shape index (κ1) is 26.6. The van der Waals surface area contributed by atoms with Crippen molar-refractivity contribution in [2.45, 2.75) is 30.8 Å². The number of rotatable bonds is 6. The van der Waals surface area contributed by atoms with Crippen molar-refractivity contribution < 1.29 is 27.9 Å². The number of carboxylic acid groups (broad SMARTS) is 1. The number of hydrogen-bond acceptors (Lipinski definition) is 5. The highest BCUT2D eigenvalue weighted by atomic mass is 32.2. The molecular formula is C32H26N2O6S. The van der Waals surface area contributed by atoms with E-state index in [2.05, 4.69) is 5.32 Å². The summed E-state index contributed by atoms with van der Waals surface area (Å²) in [7, 11) is -3.75. The molecule has 1 atom stereocenters. The molecule has 1 unspecified atom stereocenters. The number of ketones is 1. The molecule has 4 aromatic rings. The van der Waals surface area contributed by atoms with E-state index in [1.54, 1.807) is 91.9 Å². The van der Waals surface area contributed by atoms with Gasteiger partial charge in [-0.05, 0) is 53.3 Å². The number of aliphatic carboxylic acids is 1. The summed E-state index contributed by atoms with van der Waals surface area (Å²) in [5.41, 5.74) is 4.81. The van der Waals surface area contributed by atoms with Crippen LogP contribution in [0.25, 0.3) is 11.1 Å². The molecule has 1 amide bonds. The number of hydrogen-bond donors (Lipinski definition) is 2. The molecule has 4 aromatic carbocycles. The van der Waals surface area contributed by atoms with Gasteiger partial charge in [0.25, 0.3) is 5.91 Å². The average molecular weight is 567 g/mol. The van der Waals surface area contributed by atoms with Gasteiger partial charge in [-0.2, -0.15) is 4.31 Å². The number of nitrogens with zero attached hydrogens (tertiary/aromatic N) is 1. The van der Waals surface area contributed by atoms with E-state index in [0.717, 1.165) is 5.56 Å². The van der Waals surface area contributed by atoms with Crippen LogP contribution in [0.4, 0.5) is 0 Å². The highest BCUT2D eigenvalue weighted by molar-refractivity contribution is 7.89. The van der Waals surface area contributed by atoms with Gasteiger partial charge in [-0.15, -0.1) is 0 Å². The molecule has 41 heavy (non-hydrogen) atoms. The summed E-state index contributed by atoms with van der Waals surface area (Å²) >= 11 is 0. The van der Waals surface area contributed by atoms with Crippen molar-refractivity contribution in [1.29, 1.82) is 0 Å². The first-order valence-corrected chi connectivity index (χ1v) is 14.6. The Balaban J connectivity index is 1.30. The highest BCUT2D eigenvalue weighted by Crippen LogP contribution is 2.39. The van der Waals surface area contributed by atoms with Crippen LogP contribution in [0.15, 0.2) is 89.8 Å². The third kappa shape index (κ3) is 4.53. The molecule has 1 aliphatic heterocycles. The van der Waals surface area contributed by atoms with Crippen molar-refractivity contribution in [1.82, 2.24) is 9.62 Å². The van der Waals surface area contributed by atoms with Crippen LogP contribution in [-0.2, 0) is 27.8 Å². The van der Waals surface area contributed by atoms with E-state index >= 15 is 0 Å². The number of carboxylic acids is 1. The maximum atomic E-state index is 13.5. The molecule has 0 fully saturated rings. The molecule has 1 heterocycles. The Morgan fingerprint density at radius 1 is 0.878 bits per heavy atom. The summed E-state index contributed by atoms with van der Waals surface area (Å²) in [6.07, 6.45) is 0.481. The first-order chi connectivity index (χ1) is 19.7. The Labute approximate surface area is 237 Å². The van der Waals surface area contributed by atoms with Crippen LogP contribution in [0.3, 0.4) is 0 Å². The third-order valence-corrected chi connectivity index (χ3v) is 9.77. The number of amides is 1. The molecule has 6 rings (SSSR count). The summed E-state index contributed by atoms with van der Waals surface area (Å²) in [6.45, 7) is 2.15. The van der Waals surface area contributed by atoms with Crippen LogP contribution in [0.2, 0.25) is 0 Å². The van der Waals surface area contributed by atoms with Gasteiger partial charge in [0.15, 0.2) is 11.8 Å². The second-order valence-corrected chi connectivity index (χ2v) is 12.1. The number of fused-ring (bicyclic) bond motifs is 4. The van der Waals surface area contributed by atoms with Crippen molar-refractivity contribution in [3.05, 3.63) is 124 Å². The lowest BCUT2D eigenvalue weighted by Gasteiger charge is -2.29. The molecule has 1 aliphatic carbocycles. The van der Waals surface area contributed by atoms with Crippen molar-refractivity contribution in [2.24, 2.45) is 0 Å². The molecule has 9 heteroatoms. The van der Waals surface area contributed by atoms with E-state index in [0.29, 0.717) is 51.9 Å². The lowest BCUT2D eigenvalue weighted by molar-refractivity contribution is -0.139. The standard InChI is InChI=1S/C32H26N2O6S/c1-19-7-2-5-12-27(19)41(39,40)34-16-15-20-13-14-21(17-22(20)18-34)29(32(37)38)33-31(36)26-11-6-10-25-28(26)23-8-3-4-9-24(23)30(25)35/h2-14,17,29H,15-16,18H2,1H3,(H,33,36)(H,37,38). The van der Waals surface area contributed by atoms with Crippen molar-refractivity contribution in [2.75, 3.05) is 6.54 Å². The predicted octanol–water partition coefficient (Wildman–Crippen LogP) is 4.51. The first-order valence-electron chi connectivity index (χ1n) is 13.1. The van der Waals surface area contributed by atoms with Gasteiger partial charge >= 0.3 is 5.97 Å². The highest BCUT2D eigenvalue weighted by Gasteiger charge is 2.33. The SMILES string of the molecule is Cc1ccccc1S(=O)(=O)N1CCc2ccc(C(NC(=O)c3cccc4c3-c3ccccc3C4=O)C(=O)O)cc2C1. The van der Waals surface area contributed by atoms with E-state index < -0.39 is 27.9 Å². The lowest BCUT2D eigenvalue weighted by Crippen LogP contribution is -2.37. The minimum atomic E-state index is -3.75. The number of carbonyl (C=O) groups excluding carboxylic acids is 2. The van der Waals surface area contributed by atoms with Crippen molar-refractivity contribution in [3.63, 3.8) is 0 Å². The number of benzene rings is 4. The predicted molar refractivity (Wildman–Crippen MR) is 152 cm³/mol. The molecule has 0 saturated heterocycles. The summed E-state index contributed by atoms with van der Waals surface area (Å²) < 4.78 is 28.2. The van der Waals surface area contributed by atoms with Gasteiger partial charge in [0, 0.05) is 35.3 Å². The maximum absolute atomic E-state index is 13.5. The lowest BCUT2D eigenvalue weighted by atomic mass is 9.95. The quantitative estimate of drug-likeness (QED) is 0.312. The summed E-state index contributed by atoms with van der Waals surface area (Å²) in [6, 6.07) is 22.4. The number of carbonyl (C=O) groups is 3. The maximum Gasteiger partial charge on any atom is 0.330 e. The van der Waals surface area contributed by atoms with Gasteiger partial charge < -0.3 is 10.4 Å². The van der Waals surface area contributed by atoms with Crippen LogP contribution in [0, 0.1) is 6.92 Å². The minimum absolute atomic E-state index is 0.0885. The Bertz CT molecular complexity index is 1860. The van der Waals surface area contributed by atoms with E-state index in [1.165, 1.54) is 4.31 Å². The second-order valence-electron chi connectivity index (χ2n) is 10.2. The molecule has 0 spiro atoms. The van der Waals surface area contributed by atoms with Crippen LogP contribution in [-0.4, -0.2) is 42.0 Å². The van der Waals surface area contributed by atoms with E-state index in [-0.39, 0.29) is 22.8 Å². The molecule has 2 N–H and O–H groups in total. The molecule has 2 aliphatic rings. The van der Waals surface area contributed by atoms with Gasteiger partial charge in [0.2, 0.25) is 10.0 Å². The van der Waals surface area contributed by atoms with Crippen molar-refractivity contribution >= 4 is 27.7 Å². The van der Waals surface area contributed by atoms with Crippen molar-refractivity contribution in [3.8, 4) is 11.1 Å². The van der Waals surface area contributed by atoms with Gasteiger partial charge in [0.1, 0.15) is 0 Å². The van der Waals surface area contributed by atoms with Gasteiger partial charge in [-0.3, -0.25) is 9.59 Å². The summed E-state index contributed by atoms with van der Waals surface area (Å²) in [4.78, 5) is 39.0. The third-order valence-electron chi connectivity index (χ3n) is 7.77.